The molecular weight excluding hydrogens is 492 g/mol. The first-order valence-electron chi connectivity index (χ1n) is 13.3. The predicted octanol–water partition coefficient (Wildman–Crippen LogP) is 6.20. The summed E-state index contributed by atoms with van der Waals surface area (Å²) in [5, 5.41) is 11.4. The van der Waals surface area contributed by atoms with Crippen molar-refractivity contribution < 1.29 is 24.2 Å². The Kier molecular flexibility index (Phi) is 8.59. The predicted molar refractivity (Wildman–Crippen MR) is 155 cm³/mol. The van der Waals surface area contributed by atoms with Crippen LogP contribution in [0.3, 0.4) is 0 Å². The molecule has 0 bridgehead atoms. The molecule has 3 aromatic carbocycles. The van der Waals surface area contributed by atoms with Gasteiger partial charge in [-0.1, -0.05) is 39.0 Å². The highest BCUT2D eigenvalue weighted by Crippen LogP contribution is 2.43. The number of rotatable bonds is 10. The van der Waals surface area contributed by atoms with Gasteiger partial charge in [0.05, 0.1) is 24.8 Å². The minimum atomic E-state index is -0.820. The summed E-state index contributed by atoms with van der Waals surface area (Å²) in [7, 11) is 3.88. The topological polar surface area (TPSA) is 79.3 Å². The maximum Gasteiger partial charge on any atom is 0.300 e. The lowest BCUT2D eigenvalue weighted by molar-refractivity contribution is -0.132. The van der Waals surface area contributed by atoms with Gasteiger partial charge in [-0.2, -0.15) is 0 Å². The van der Waals surface area contributed by atoms with Crippen LogP contribution in [0.2, 0.25) is 0 Å². The highest BCUT2D eigenvalue weighted by molar-refractivity contribution is 6.51. The molecule has 39 heavy (non-hydrogen) atoms. The average molecular weight is 529 g/mol. The Morgan fingerprint density at radius 1 is 0.949 bits per heavy atom. The normalized spacial score (nSPS) is 16.6. The van der Waals surface area contributed by atoms with Crippen molar-refractivity contribution in [3.05, 3.63) is 89.5 Å². The van der Waals surface area contributed by atoms with Crippen molar-refractivity contribution in [1.82, 2.24) is 0 Å². The summed E-state index contributed by atoms with van der Waals surface area (Å²) in [5.41, 5.74) is 2.66. The zero-order chi connectivity index (χ0) is 28.1. The van der Waals surface area contributed by atoms with Gasteiger partial charge in [-0.05, 0) is 66.4 Å². The minimum Gasteiger partial charge on any atom is -0.507 e. The smallest absolute Gasteiger partial charge is 0.300 e. The quantitative estimate of drug-likeness (QED) is 0.192. The second kappa shape index (κ2) is 12.1. The van der Waals surface area contributed by atoms with E-state index in [0.29, 0.717) is 47.4 Å². The van der Waals surface area contributed by atoms with E-state index in [1.54, 1.807) is 42.5 Å². The number of amides is 1. The Morgan fingerprint density at radius 2 is 1.64 bits per heavy atom. The lowest BCUT2D eigenvalue weighted by atomic mass is 9.95. The number of aliphatic hydroxyl groups excluding tert-OH is 1. The number of nitrogens with zero attached hydrogens (tertiary/aromatic N) is 2. The van der Waals surface area contributed by atoms with Crippen molar-refractivity contribution in [3.8, 4) is 11.5 Å². The molecule has 1 heterocycles. The van der Waals surface area contributed by atoms with Crippen molar-refractivity contribution in [2.24, 2.45) is 5.92 Å². The van der Waals surface area contributed by atoms with Crippen LogP contribution in [0.5, 0.6) is 11.5 Å². The maximum atomic E-state index is 13.5. The fraction of sp³-hybridized carbons (Fsp3) is 0.312. The maximum absolute atomic E-state index is 13.5. The first-order valence-corrected chi connectivity index (χ1v) is 13.3. The Bertz CT molecular complexity index is 1340. The van der Waals surface area contributed by atoms with Gasteiger partial charge in [-0.15, -0.1) is 0 Å². The van der Waals surface area contributed by atoms with Crippen LogP contribution in [0.4, 0.5) is 11.4 Å². The number of carbonyl (C=O) groups excluding carboxylic acids is 2. The van der Waals surface area contributed by atoms with E-state index in [0.717, 1.165) is 12.1 Å². The summed E-state index contributed by atoms with van der Waals surface area (Å²) in [5.74, 6) is -0.0301. The SMILES string of the molecule is CCCOc1cccc(N2C(=O)C(=O)/C(=C(/O)c3ccc(OCC(C)C)cc3)C2c2ccc(N(C)C)cc2)c1. The monoisotopic (exact) mass is 528 g/mol. The first kappa shape index (κ1) is 27.8. The van der Waals surface area contributed by atoms with E-state index in [4.69, 9.17) is 9.47 Å². The second-order valence-corrected chi connectivity index (χ2v) is 10.2. The fourth-order valence-corrected chi connectivity index (χ4v) is 4.44. The molecule has 0 aromatic heterocycles. The molecule has 204 valence electrons. The molecule has 0 radical (unpaired) electrons. The van der Waals surface area contributed by atoms with E-state index in [-0.39, 0.29) is 11.3 Å². The van der Waals surface area contributed by atoms with Crippen LogP contribution < -0.4 is 19.3 Å². The zero-order valence-electron chi connectivity index (χ0n) is 23.2. The van der Waals surface area contributed by atoms with Crippen LogP contribution in [0.1, 0.15) is 44.4 Å². The summed E-state index contributed by atoms with van der Waals surface area (Å²) in [6.07, 6.45) is 0.842. The zero-order valence-corrected chi connectivity index (χ0v) is 23.2. The van der Waals surface area contributed by atoms with Gasteiger partial charge in [0.2, 0.25) is 0 Å². The third-order valence-electron chi connectivity index (χ3n) is 6.45. The number of hydrogen-bond acceptors (Lipinski definition) is 6. The molecule has 1 unspecified atom stereocenters. The molecule has 1 saturated heterocycles. The number of ketones is 1. The van der Waals surface area contributed by atoms with Gasteiger partial charge in [-0.3, -0.25) is 14.5 Å². The van der Waals surface area contributed by atoms with Crippen LogP contribution in [0, 0.1) is 5.92 Å². The molecule has 1 amide bonds. The molecule has 0 aliphatic carbocycles. The van der Waals surface area contributed by atoms with Crippen LogP contribution in [-0.2, 0) is 9.59 Å². The van der Waals surface area contributed by atoms with E-state index in [9.17, 15) is 14.7 Å². The van der Waals surface area contributed by atoms with Gasteiger partial charge in [0.25, 0.3) is 11.7 Å². The Balaban J connectivity index is 1.81. The molecule has 7 nitrogen and oxygen atoms in total. The number of aliphatic hydroxyl groups is 1. The minimum absolute atomic E-state index is 0.0355. The summed E-state index contributed by atoms with van der Waals surface area (Å²) in [4.78, 5) is 30.4. The third kappa shape index (κ3) is 6.08. The van der Waals surface area contributed by atoms with E-state index in [1.165, 1.54) is 4.90 Å². The standard InChI is InChI=1S/C32H36N2O5/c1-6-18-38-27-9-7-8-25(19-27)34-29(22-10-14-24(15-11-22)33(4)5)28(31(36)32(34)37)30(35)23-12-16-26(17-13-23)39-20-21(2)3/h7-17,19,21,29,35H,6,18,20H2,1-5H3/b30-28+. The molecule has 1 fully saturated rings. The van der Waals surface area contributed by atoms with Crippen molar-refractivity contribution >= 4 is 28.8 Å². The van der Waals surface area contributed by atoms with Crippen LogP contribution in [0.25, 0.3) is 5.76 Å². The largest absolute Gasteiger partial charge is 0.507 e. The molecule has 0 saturated carbocycles. The molecule has 1 aliphatic heterocycles. The van der Waals surface area contributed by atoms with Crippen LogP contribution in [-0.4, -0.2) is 44.1 Å². The van der Waals surface area contributed by atoms with Gasteiger partial charge in [0.1, 0.15) is 17.3 Å². The van der Waals surface area contributed by atoms with Crippen molar-refractivity contribution in [2.45, 2.75) is 33.2 Å². The van der Waals surface area contributed by atoms with Gasteiger partial charge in [0.15, 0.2) is 0 Å². The van der Waals surface area contributed by atoms with Gasteiger partial charge >= 0.3 is 0 Å². The molecule has 4 rings (SSSR count). The Labute approximate surface area is 230 Å². The number of carbonyl (C=O) groups is 2. The average Bonchev–Trinajstić information content (AvgIpc) is 3.20. The number of benzene rings is 3. The number of Topliss-reactive ketones (excluding diaryl/α,β-unsaturated/α-hetero) is 1. The van der Waals surface area contributed by atoms with Crippen molar-refractivity contribution in [1.29, 1.82) is 0 Å². The summed E-state index contributed by atoms with van der Waals surface area (Å²) in [6, 6.07) is 20.8. The summed E-state index contributed by atoms with van der Waals surface area (Å²) >= 11 is 0. The number of anilines is 2. The molecule has 3 aromatic rings. The summed E-state index contributed by atoms with van der Waals surface area (Å²) < 4.78 is 11.5. The fourth-order valence-electron chi connectivity index (χ4n) is 4.44. The van der Waals surface area contributed by atoms with Crippen molar-refractivity contribution in [2.75, 3.05) is 37.1 Å². The lowest BCUT2D eigenvalue weighted by Crippen LogP contribution is -2.29. The lowest BCUT2D eigenvalue weighted by Gasteiger charge is -2.26. The van der Waals surface area contributed by atoms with E-state index >= 15 is 0 Å². The Hall–Kier alpha value is -4.26. The molecular formula is C32H36N2O5. The molecule has 1 atom stereocenters. The van der Waals surface area contributed by atoms with E-state index < -0.39 is 17.7 Å². The highest BCUT2D eigenvalue weighted by atomic mass is 16.5. The van der Waals surface area contributed by atoms with Crippen LogP contribution >= 0.6 is 0 Å². The number of ether oxygens (including phenoxy) is 2. The van der Waals surface area contributed by atoms with Gasteiger partial charge in [0, 0.05) is 37.1 Å². The third-order valence-corrected chi connectivity index (χ3v) is 6.45. The van der Waals surface area contributed by atoms with Crippen LogP contribution in [0.15, 0.2) is 78.4 Å². The summed E-state index contributed by atoms with van der Waals surface area (Å²) in [6.45, 7) is 7.25. The van der Waals surface area contributed by atoms with Gasteiger partial charge in [-0.25, -0.2) is 0 Å². The Morgan fingerprint density at radius 3 is 2.26 bits per heavy atom. The molecule has 1 aliphatic rings. The first-order chi connectivity index (χ1) is 18.7. The van der Waals surface area contributed by atoms with Gasteiger partial charge < -0.3 is 19.5 Å². The van der Waals surface area contributed by atoms with Crippen molar-refractivity contribution in [3.63, 3.8) is 0 Å². The highest BCUT2D eigenvalue weighted by Gasteiger charge is 2.47. The van der Waals surface area contributed by atoms with E-state index in [1.807, 2.05) is 56.3 Å². The molecule has 1 N–H and O–H groups in total. The number of hydrogen-bond donors (Lipinski definition) is 1. The molecule has 0 spiro atoms. The second-order valence-electron chi connectivity index (χ2n) is 10.2. The molecule has 7 heteroatoms. The van der Waals surface area contributed by atoms with E-state index in [2.05, 4.69) is 13.8 Å².